The third-order valence-electron chi connectivity index (χ3n) is 5.57. The Morgan fingerprint density at radius 2 is 1.83 bits per heavy atom. The highest BCUT2D eigenvalue weighted by atomic mass is 32.2. The van der Waals surface area contributed by atoms with E-state index in [1.165, 1.54) is 0 Å². The third kappa shape index (κ3) is 3.61. The molecule has 0 radical (unpaired) electrons. The van der Waals surface area contributed by atoms with Gasteiger partial charge >= 0.3 is 0 Å². The van der Waals surface area contributed by atoms with Crippen LogP contribution in [0.4, 0.5) is 0 Å². The molecular formula is C22H26N4O3S. The number of aryl methyl sites for hydroxylation is 3. The topological polar surface area (TPSA) is 88.2 Å². The summed E-state index contributed by atoms with van der Waals surface area (Å²) < 4.78 is 33.7. The monoisotopic (exact) mass is 426 g/mol. The molecular weight excluding hydrogens is 400 g/mol. The number of aromatic nitrogens is 3. The first-order valence-electron chi connectivity index (χ1n) is 9.97. The van der Waals surface area contributed by atoms with Crippen LogP contribution in [0.3, 0.4) is 0 Å². The van der Waals surface area contributed by atoms with Gasteiger partial charge in [0.25, 0.3) is 0 Å². The molecule has 1 N–H and O–H groups in total. The van der Waals surface area contributed by atoms with Crippen LogP contribution in [-0.4, -0.2) is 41.6 Å². The number of sulfonamides is 1. The Labute approximate surface area is 177 Å². The van der Waals surface area contributed by atoms with Gasteiger partial charge in [0.2, 0.25) is 10.0 Å². The van der Waals surface area contributed by atoms with E-state index in [0.717, 1.165) is 41.1 Å². The maximum Gasteiger partial charge on any atom is 0.247 e. The number of nitrogens with zero attached hydrogens (tertiary/aromatic N) is 3. The summed E-state index contributed by atoms with van der Waals surface area (Å²) in [6.07, 6.45) is 1.54. The Morgan fingerprint density at radius 3 is 2.47 bits per heavy atom. The molecule has 0 spiro atoms. The number of rotatable bonds is 5. The Bertz CT molecular complexity index is 1150. The van der Waals surface area contributed by atoms with E-state index in [2.05, 4.69) is 10.2 Å². The van der Waals surface area contributed by atoms with Crippen LogP contribution >= 0.6 is 0 Å². The Balaban J connectivity index is 1.73. The summed E-state index contributed by atoms with van der Waals surface area (Å²) in [5.74, 6) is 0.795. The maximum absolute atomic E-state index is 13.5. The molecule has 7 nitrogen and oxygen atoms in total. The molecule has 30 heavy (non-hydrogen) atoms. The van der Waals surface area contributed by atoms with Crippen LogP contribution in [0.15, 0.2) is 41.3 Å². The standard InChI is InChI=1S/C22H26N4O3S/c1-14-12-18(17-7-9-19(29-4)10-8-17)13-20(23-14)21-6-5-11-26(21)30(27,28)22-15(2)24-25-16(22)3/h7-10,12-13,21H,5-6,11H2,1-4H3,(H,24,25)/t21-/m1/s1. The number of hydrogen-bond donors (Lipinski definition) is 1. The molecule has 2 aromatic heterocycles. The summed E-state index contributed by atoms with van der Waals surface area (Å²) in [5, 5.41) is 6.87. The van der Waals surface area contributed by atoms with Crippen molar-refractivity contribution in [2.24, 2.45) is 0 Å². The van der Waals surface area contributed by atoms with E-state index < -0.39 is 10.0 Å². The van der Waals surface area contributed by atoms with Gasteiger partial charge in [0.1, 0.15) is 10.6 Å². The molecule has 158 valence electrons. The van der Waals surface area contributed by atoms with Gasteiger partial charge in [-0.1, -0.05) is 12.1 Å². The van der Waals surface area contributed by atoms with Crippen LogP contribution in [-0.2, 0) is 10.0 Å². The molecule has 1 aliphatic heterocycles. The van der Waals surface area contributed by atoms with Crippen molar-refractivity contribution in [2.75, 3.05) is 13.7 Å². The van der Waals surface area contributed by atoms with E-state index in [1.54, 1.807) is 25.3 Å². The Morgan fingerprint density at radius 1 is 1.10 bits per heavy atom. The average Bonchev–Trinajstić information content (AvgIpc) is 3.35. The smallest absolute Gasteiger partial charge is 0.247 e. The van der Waals surface area contributed by atoms with Crippen molar-refractivity contribution in [1.82, 2.24) is 19.5 Å². The largest absolute Gasteiger partial charge is 0.497 e. The number of aromatic amines is 1. The van der Waals surface area contributed by atoms with Gasteiger partial charge in [-0.3, -0.25) is 10.1 Å². The molecule has 3 aromatic rings. The molecule has 0 aliphatic carbocycles. The van der Waals surface area contributed by atoms with E-state index in [-0.39, 0.29) is 10.9 Å². The highest BCUT2D eigenvalue weighted by molar-refractivity contribution is 7.89. The molecule has 0 unspecified atom stereocenters. The van der Waals surface area contributed by atoms with Crippen molar-refractivity contribution in [3.8, 4) is 16.9 Å². The molecule has 0 bridgehead atoms. The van der Waals surface area contributed by atoms with Crippen molar-refractivity contribution in [3.05, 3.63) is 59.2 Å². The third-order valence-corrected chi connectivity index (χ3v) is 7.74. The lowest BCUT2D eigenvalue weighted by molar-refractivity contribution is 0.389. The number of benzene rings is 1. The summed E-state index contributed by atoms with van der Waals surface area (Å²) in [4.78, 5) is 4.99. The van der Waals surface area contributed by atoms with E-state index >= 15 is 0 Å². The number of ether oxygens (including phenoxy) is 1. The van der Waals surface area contributed by atoms with Gasteiger partial charge in [-0.25, -0.2) is 8.42 Å². The molecule has 1 fully saturated rings. The van der Waals surface area contributed by atoms with Gasteiger partial charge < -0.3 is 4.74 Å². The van der Waals surface area contributed by atoms with Crippen molar-refractivity contribution < 1.29 is 13.2 Å². The first-order chi connectivity index (χ1) is 14.3. The van der Waals surface area contributed by atoms with E-state index in [1.807, 2.05) is 43.3 Å². The summed E-state index contributed by atoms with van der Waals surface area (Å²) >= 11 is 0. The van der Waals surface area contributed by atoms with Crippen LogP contribution < -0.4 is 4.74 Å². The van der Waals surface area contributed by atoms with Gasteiger partial charge in [0.05, 0.1) is 30.2 Å². The second-order valence-electron chi connectivity index (χ2n) is 7.69. The summed E-state index contributed by atoms with van der Waals surface area (Å²) in [5.41, 5.74) is 4.75. The fourth-order valence-corrected chi connectivity index (χ4v) is 6.18. The molecule has 0 amide bonds. The van der Waals surface area contributed by atoms with Gasteiger partial charge in [0.15, 0.2) is 0 Å². The van der Waals surface area contributed by atoms with Gasteiger partial charge in [-0.2, -0.15) is 9.40 Å². The average molecular weight is 427 g/mol. The number of H-pyrrole nitrogens is 1. The minimum absolute atomic E-state index is 0.275. The first-order valence-corrected chi connectivity index (χ1v) is 11.4. The fraction of sp³-hybridized carbons (Fsp3) is 0.364. The van der Waals surface area contributed by atoms with E-state index in [4.69, 9.17) is 9.72 Å². The van der Waals surface area contributed by atoms with Gasteiger partial charge in [0, 0.05) is 12.2 Å². The minimum atomic E-state index is -3.67. The molecule has 4 rings (SSSR count). The maximum atomic E-state index is 13.5. The zero-order valence-corrected chi connectivity index (χ0v) is 18.5. The number of hydrogen-bond acceptors (Lipinski definition) is 5. The van der Waals surface area contributed by atoms with Crippen molar-refractivity contribution >= 4 is 10.0 Å². The fourth-order valence-electron chi connectivity index (χ4n) is 4.18. The Kier molecular flexibility index (Phi) is 5.38. The zero-order chi connectivity index (χ0) is 21.5. The minimum Gasteiger partial charge on any atom is -0.497 e. The molecule has 1 aromatic carbocycles. The Hall–Kier alpha value is -2.71. The zero-order valence-electron chi connectivity index (χ0n) is 17.6. The van der Waals surface area contributed by atoms with Crippen LogP contribution in [0.1, 0.15) is 41.7 Å². The normalized spacial score (nSPS) is 17.4. The quantitative estimate of drug-likeness (QED) is 0.668. The number of nitrogens with one attached hydrogen (secondary N) is 1. The lowest BCUT2D eigenvalue weighted by Gasteiger charge is -2.24. The van der Waals surface area contributed by atoms with Gasteiger partial charge in [-0.15, -0.1) is 0 Å². The lowest BCUT2D eigenvalue weighted by Crippen LogP contribution is -2.31. The highest BCUT2D eigenvalue weighted by Gasteiger charge is 2.39. The summed E-state index contributed by atoms with van der Waals surface area (Å²) in [7, 11) is -2.03. The molecule has 8 heteroatoms. The van der Waals surface area contributed by atoms with E-state index in [0.29, 0.717) is 17.9 Å². The molecule has 3 heterocycles. The first kappa shape index (κ1) is 20.6. The summed E-state index contributed by atoms with van der Waals surface area (Å²) in [6.45, 7) is 5.87. The van der Waals surface area contributed by atoms with Crippen LogP contribution in [0, 0.1) is 20.8 Å². The molecule has 1 saturated heterocycles. The molecule has 1 atom stereocenters. The number of methoxy groups -OCH3 is 1. The van der Waals surface area contributed by atoms with Crippen molar-refractivity contribution in [3.63, 3.8) is 0 Å². The highest BCUT2D eigenvalue weighted by Crippen LogP contribution is 2.38. The van der Waals surface area contributed by atoms with Gasteiger partial charge in [-0.05, 0) is 69.0 Å². The lowest BCUT2D eigenvalue weighted by atomic mass is 10.0. The van der Waals surface area contributed by atoms with Crippen molar-refractivity contribution in [2.45, 2.75) is 44.6 Å². The van der Waals surface area contributed by atoms with Crippen LogP contribution in [0.5, 0.6) is 5.75 Å². The van der Waals surface area contributed by atoms with Crippen LogP contribution in [0.2, 0.25) is 0 Å². The molecule has 1 aliphatic rings. The van der Waals surface area contributed by atoms with Crippen LogP contribution in [0.25, 0.3) is 11.1 Å². The second-order valence-corrected chi connectivity index (χ2v) is 9.51. The summed E-state index contributed by atoms with van der Waals surface area (Å²) in [6, 6.07) is 11.6. The predicted octanol–water partition coefficient (Wildman–Crippen LogP) is 3.93. The SMILES string of the molecule is COc1ccc(-c2cc(C)nc([C@H]3CCCN3S(=O)(=O)c3c(C)n[nH]c3C)c2)cc1. The second kappa shape index (κ2) is 7.85. The molecule has 0 saturated carbocycles. The van der Waals surface area contributed by atoms with E-state index in [9.17, 15) is 8.42 Å². The van der Waals surface area contributed by atoms with Crippen molar-refractivity contribution in [1.29, 1.82) is 0 Å². The number of pyridine rings is 1. The predicted molar refractivity (Wildman–Crippen MR) is 115 cm³/mol.